The van der Waals surface area contributed by atoms with Crippen molar-refractivity contribution in [3.05, 3.63) is 186 Å². The molecule has 0 aromatic heterocycles. The molecule has 7 aromatic carbocycles. The number of ketones is 1. The number of hydrogen-bond acceptors (Lipinski definition) is 2. The van der Waals surface area contributed by atoms with Crippen LogP contribution in [0.5, 0.6) is 0 Å². The van der Waals surface area contributed by atoms with Gasteiger partial charge in [0, 0.05) is 33.6 Å². The maximum absolute atomic E-state index is 13.6. The van der Waals surface area contributed by atoms with Gasteiger partial charge in [-0.15, -0.1) is 0 Å². The second-order valence-electron chi connectivity index (χ2n) is 13.3. The zero-order valence-corrected chi connectivity index (χ0v) is 26.9. The SMILES string of the molecule is CC1(C)c2ccccc2-c2ccc(N(c3ccc(-c4ccccc4)cc3)c3ccc(-c4cccc5c4C(=O)c4ccccc4-5)cc3)cc21. The number of rotatable bonds is 5. The fourth-order valence-electron chi connectivity index (χ4n) is 7.81. The van der Waals surface area contributed by atoms with Gasteiger partial charge < -0.3 is 4.90 Å². The Kier molecular flexibility index (Phi) is 6.35. The van der Waals surface area contributed by atoms with Gasteiger partial charge in [0.25, 0.3) is 0 Å². The number of carbonyl (C=O) groups excluding carboxylic acids is 1. The second kappa shape index (κ2) is 10.8. The molecular formula is C46H33NO. The molecule has 0 amide bonds. The zero-order valence-electron chi connectivity index (χ0n) is 26.9. The van der Waals surface area contributed by atoms with Crippen molar-refractivity contribution in [1.29, 1.82) is 0 Å². The minimum absolute atomic E-state index is 0.0992. The van der Waals surface area contributed by atoms with Crippen LogP contribution in [-0.4, -0.2) is 5.78 Å². The van der Waals surface area contributed by atoms with E-state index in [9.17, 15) is 4.79 Å². The van der Waals surface area contributed by atoms with Crippen molar-refractivity contribution in [2.45, 2.75) is 19.3 Å². The van der Waals surface area contributed by atoms with Crippen LogP contribution in [-0.2, 0) is 5.41 Å². The highest BCUT2D eigenvalue weighted by atomic mass is 16.1. The first-order valence-electron chi connectivity index (χ1n) is 16.6. The van der Waals surface area contributed by atoms with E-state index in [-0.39, 0.29) is 11.2 Å². The van der Waals surface area contributed by atoms with Gasteiger partial charge in [-0.05, 0) is 92.0 Å². The van der Waals surface area contributed by atoms with Crippen LogP contribution in [0.15, 0.2) is 164 Å². The highest BCUT2D eigenvalue weighted by Gasteiger charge is 2.36. The second-order valence-corrected chi connectivity index (χ2v) is 13.3. The summed E-state index contributed by atoms with van der Waals surface area (Å²) in [5.74, 6) is 0.0992. The molecular weight excluding hydrogens is 583 g/mol. The van der Waals surface area contributed by atoms with Crippen LogP contribution in [0.25, 0.3) is 44.5 Å². The molecule has 228 valence electrons. The van der Waals surface area contributed by atoms with Crippen LogP contribution in [0.4, 0.5) is 17.1 Å². The minimum atomic E-state index is -0.105. The first kappa shape index (κ1) is 28.3. The van der Waals surface area contributed by atoms with Crippen LogP contribution < -0.4 is 4.90 Å². The first-order valence-corrected chi connectivity index (χ1v) is 16.6. The Morgan fingerprint density at radius 2 is 0.917 bits per heavy atom. The third-order valence-corrected chi connectivity index (χ3v) is 10.2. The van der Waals surface area contributed by atoms with Crippen molar-refractivity contribution in [2.24, 2.45) is 0 Å². The summed E-state index contributed by atoms with van der Waals surface area (Å²) in [5, 5.41) is 0. The van der Waals surface area contributed by atoms with Gasteiger partial charge in [-0.3, -0.25) is 4.79 Å². The van der Waals surface area contributed by atoms with E-state index >= 15 is 0 Å². The predicted molar refractivity (Wildman–Crippen MR) is 198 cm³/mol. The topological polar surface area (TPSA) is 20.3 Å². The van der Waals surface area contributed by atoms with Gasteiger partial charge in [-0.25, -0.2) is 0 Å². The van der Waals surface area contributed by atoms with Crippen LogP contribution in [0.1, 0.15) is 40.9 Å². The smallest absolute Gasteiger partial charge is 0.194 e. The van der Waals surface area contributed by atoms with Gasteiger partial charge in [-0.1, -0.05) is 141 Å². The lowest BCUT2D eigenvalue weighted by Gasteiger charge is -2.28. The van der Waals surface area contributed by atoms with E-state index in [0.29, 0.717) is 0 Å². The molecule has 0 saturated heterocycles. The standard InChI is InChI=1S/C46H33NO/c1-46(2)42-18-9-8-14-38(42)39-28-27-35(29-43(39)46)47(33-23-19-31(20-24-33)30-11-4-3-5-12-30)34-25-21-32(22-26-34)36-16-10-17-40-37-13-6-7-15-41(37)45(48)44(36)40/h3-29H,1-2H3. The molecule has 2 aliphatic rings. The summed E-state index contributed by atoms with van der Waals surface area (Å²) in [6.45, 7) is 4.65. The van der Waals surface area contributed by atoms with Gasteiger partial charge in [0.1, 0.15) is 0 Å². The number of hydrogen-bond donors (Lipinski definition) is 0. The van der Waals surface area contributed by atoms with E-state index in [1.165, 1.54) is 33.4 Å². The molecule has 0 heterocycles. The Morgan fingerprint density at radius 3 is 1.65 bits per heavy atom. The van der Waals surface area contributed by atoms with E-state index in [0.717, 1.165) is 50.4 Å². The summed E-state index contributed by atoms with van der Waals surface area (Å²) in [4.78, 5) is 15.9. The highest BCUT2D eigenvalue weighted by molar-refractivity contribution is 6.24. The van der Waals surface area contributed by atoms with Crippen molar-refractivity contribution < 1.29 is 4.79 Å². The molecule has 0 spiro atoms. The zero-order chi connectivity index (χ0) is 32.4. The van der Waals surface area contributed by atoms with Gasteiger partial charge >= 0.3 is 0 Å². The number of anilines is 3. The normalized spacial score (nSPS) is 13.4. The molecule has 0 N–H and O–H groups in total. The molecule has 0 unspecified atom stereocenters. The van der Waals surface area contributed by atoms with Gasteiger partial charge in [0.05, 0.1) is 0 Å². The summed E-state index contributed by atoms with van der Waals surface area (Å²) in [6, 6.07) is 57.8. The largest absolute Gasteiger partial charge is 0.310 e. The Morgan fingerprint density at radius 1 is 0.396 bits per heavy atom. The van der Waals surface area contributed by atoms with Gasteiger partial charge in [0.15, 0.2) is 5.78 Å². The number of nitrogens with zero attached hydrogens (tertiary/aromatic N) is 1. The molecule has 2 aliphatic carbocycles. The predicted octanol–water partition coefficient (Wildman–Crippen LogP) is 12.0. The van der Waals surface area contributed by atoms with Crippen molar-refractivity contribution in [1.82, 2.24) is 0 Å². The lowest BCUT2D eigenvalue weighted by Crippen LogP contribution is -2.16. The fourth-order valence-corrected chi connectivity index (χ4v) is 7.81. The Bertz CT molecular complexity index is 2370. The van der Waals surface area contributed by atoms with Crippen LogP contribution >= 0.6 is 0 Å². The lowest BCUT2D eigenvalue weighted by molar-refractivity contribution is 0.104. The van der Waals surface area contributed by atoms with Crippen molar-refractivity contribution in [2.75, 3.05) is 4.90 Å². The molecule has 0 saturated carbocycles. The molecule has 7 aromatic rings. The third kappa shape index (κ3) is 4.30. The molecule has 0 bridgehead atoms. The first-order chi connectivity index (χ1) is 23.5. The van der Waals surface area contributed by atoms with E-state index < -0.39 is 0 Å². The van der Waals surface area contributed by atoms with Crippen LogP contribution in [0, 0.1) is 0 Å². The lowest BCUT2D eigenvalue weighted by atomic mass is 9.82. The number of fused-ring (bicyclic) bond motifs is 6. The summed E-state index contributed by atoms with van der Waals surface area (Å²) >= 11 is 0. The third-order valence-electron chi connectivity index (χ3n) is 10.2. The molecule has 0 fully saturated rings. The molecule has 48 heavy (non-hydrogen) atoms. The summed E-state index contributed by atoms with van der Waals surface area (Å²) in [7, 11) is 0. The van der Waals surface area contributed by atoms with Crippen LogP contribution in [0.3, 0.4) is 0 Å². The Balaban J connectivity index is 1.15. The Labute approximate surface area is 281 Å². The molecule has 2 nitrogen and oxygen atoms in total. The van der Waals surface area contributed by atoms with E-state index in [2.05, 4.69) is 158 Å². The van der Waals surface area contributed by atoms with E-state index in [1.807, 2.05) is 24.3 Å². The van der Waals surface area contributed by atoms with E-state index in [4.69, 9.17) is 0 Å². The molecule has 0 atom stereocenters. The average Bonchev–Trinajstić information content (AvgIpc) is 3.56. The van der Waals surface area contributed by atoms with Crippen molar-refractivity contribution in [3.8, 4) is 44.5 Å². The number of carbonyl (C=O) groups is 1. The maximum Gasteiger partial charge on any atom is 0.194 e. The molecule has 2 heteroatoms. The van der Waals surface area contributed by atoms with Crippen molar-refractivity contribution in [3.63, 3.8) is 0 Å². The molecule has 0 radical (unpaired) electrons. The highest BCUT2D eigenvalue weighted by Crippen LogP contribution is 2.51. The average molecular weight is 616 g/mol. The summed E-state index contributed by atoms with van der Waals surface area (Å²) in [6.07, 6.45) is 0. The fraction of sp³-hybridized carbons (Fsp3) is 0.0652. The summed E-state index contributed by atoms with van der Waals surface area (Å²) in [5.41, 5.74) is 16.5. The molecule has 9 rings (SSSR count). The van der Waals surface area contributed by atoms with Crippen molar-refractivity contribution >= 4 is 22.8 Å². The summed E-state index contributed by atoms with van der Waals surface area (Å²) < 4.78 is 0. The van der Waals surface area contributed by atoms with Gasteiger partial charge in [-0.2, -0.15) is 0 Å². The van der Waals surface area contributed by atoms with Gasteiger partial charge in [0.2, 0.25) is 0 Å². The van der Waals surface area contributed by atoms with Crippen LogP contribution in [0.2, 0.25) is 0 Å². The maximum atomic E-state index is 13.6. The van der Waals surface area contributed by atoms with E-state index in [1.54, 1.807) is 0 Å². The minimum Gasteiger partial charge on any atom is -0.310 e. The Hall–Kier alpha value is -5.99. The monoisotopic (exact) mass is 615 g/mol. The number of benzene rings is 7. The quantitative estimate of drug-likeness (QED) is 0.192. The molecule has 0 aliphatic heterocycles.